The lowest BCUT2D eigenvalue weighted by Gasteiger charge is -2.14. The molecule has 27 heavy (non-hydrogen) atoms. The van der Waals surface area contributed by atoms with Gasteiger partial charge in [0.15, 0.2) is 12.7 Å². The summed E-state index contributed by atoms with van der Waals surface area (Å²) in [7, 11) is 3.15. The lowest BCUT2D eigenvalue weighted by Crippen LogP contribution is -2.36. The van der Waals surface area contributed by atoms with E-state index in [4.69, 9.17) is 18.9 Å². The van der Waals surface area contributed by atoms with Crippen molar-refractivity contribution in [3.8, 4) is 17.2 Å². The van der Waals surface area contributed by atoms with Gasteiger partial charge in [0.25, 0.3) is 5.91 Å². The molecular formula is C20H23NO6. The highest BCUT2D eigenvalue weighted by Crippen LogP contribution is 2.17. The van der Waals surface area contributed by atoms with E-state index in [1.54, 1.807) is 50.6 Å². The molecule has 2 rings (SSSR count). The summed E-state index contributed by atoms with van der Waals surface area (Å²) in [6, 6.07) is 14.1. The number of carbonyl (C=O) groups is 2. The Morgan fingerprint density at radius 1 is 0.889 bits per heavy atom. The Balaban J connectivity index is 1.72. The van der Waals surface area contributed by atoms with E-state index in [2.05, 4.69) is 5.32 Å². The van der Waals surface area contributed by atoms with Crippen LogP contribution in [0.1, 0.15) is 12.5 Å². The molecule has 1 atom stereocenters. The van der Waals surface area contributed by atoms with Crippen LogP contribution in [-0.2, 0) is 20.9 Å². The number of esters is 1. The van der Waals surface area contributed by atoms with Crippen LogP contribution in [-0.4, -0.2) is 38.8 Å². The summed E-state index contributed by atoms with van der Waals surface area (Å²) in [5, 5.41) is 2.72. The molecule has 0 saturated heterocycles. The Bertz CT molecular complexity index is 742. The molecule has 0 aliphatic rings. The summed E-state index contributed by atoms with van der Waals surface area (Å²) in [5.74, 6) is 0.919. The van der Waals surface area contributed by atoms with E-state index in [-0.39, 0.29) is 12.5 Å². The molecule has 0 aliphatic heterocycles. The van der Waals surface area contributed by atoms with Crippen LogP contribution in [0.2, 0.25) is 0 Å². The van der Waals surface area contributed by atoms with Gasteiger partial charge in [0, 0.05) is 6.54 Å². The standard InChI is InChI=1S/C20H23NO6/c1-14(20(23)21-12-15-4-6-16(24-2)7-5-15)27-19(22)13-26-18-10-8-17(25-3)9-11-18/h4-11,14H,12-13H2,1-3H3,(H,21,23)/t14-/m0/s1. The molecule has 7 heteroatoms. The zero-order valence-electron chi connectivity index (χ0n) is 15.6. The van der Waals surface area contributed by atoms with Gasteiger partial charge in [-0.2, -0.15) is 0 Å². The van der Waals surface area contributed by atoms with Gasteiger partial charge >= 0.3 is 5.97 Å². The van der Waals surface area contributed by atoms with Crippen molar-refractivity contribution in [2.75, 3.05) is 20.8 Å². The minimum atomic E-state index is -0.921. The molecule has 0 spiro atoms. The first kappa shape index (κ1) is 20.1. The van der Waals surface area contributed by atoms with Crippen molar-refractivity contribution in [3.05, 3.63) is 54.1 Å². The predicted octanol–water partition coefficient (Wildman–Crippen LogP) is 2.33. The van der Waals surface area contributed by atoms with Crippen molar-refractivity contribution in [1.82, 2.24) is 5.32 Å². The maximum absolute atomic E-state index is 12.1. The third-order valence-corrected chi connectivity index (χ3v) is 3.72. The second-order valence-electron chi connectivity index (χ2n) is 5.66. The van der Waals surface area contributed by atoms with Gasteiger partial charge in [0.05, 0.1) is 14.2 Å². The Kier molecular flexibility index (Phi) is 7.49. The molecule has 0 saturated carbocycles. The molecule has 7 nitrogen and oxygen atoms in total. The van der Waals surface area contributed by atoms with Crippen LogP contribution in [0.25, 0.3) is 0 Å². The van der Waals surface area contributed by atoms with Crippen LogP contribution in [0.3, 0.4) is 0 Å². The number of hydrogen-bond donors (Lipinski definition) is 1. The van der Waals surface area contributed by atoms with E-state index in [1.165, 1.54) is 6.92 Å². The van der Waals surface area contributed by atoms with Gasteiger partial charge in [0.1, 0.15) is 17.2 Å². The van der Waals surface area contributed by atoms with Crippen LogP contribution in [0, 0.1) is 0 Å². The quantitative estimate of drug-likeness (QED) is 0.680. The predicted molar refractivity (Wildman–Crippen MR) is 98.9 cm³/mol. The summed E-state index contributed by atoms with van der Waals surface area (Å²) < 4.78 is 20.5. The molecule has 0 fully saturated rings. The van der Waals surface area contributed by atoms with Crippen molar-refractivity contribution < 1.29 is 28.5 Å². The number of carbonyl (C=O) groups excluding carboxylic acids is 2. The van der Waals surface area contributed by atoms with E-state index in [1.807, 2.05) is 12.1 Å². The number of hydrogen-bond acceptors (Lipinski definition) is 6. The van der Waals surface area contributed by atoms with E-state index in [0.29, 0.717) is 18.0 Å². The number of rotatable bonds is 9. The highest BCUT2D eigenvalue weighted by Gasteiger charge is 2.17. The molecule has 1 N–H and O–H groups in total. The summed E-state index contributed by atoms with van der Waals surface area (Å²) in [6.45, 7) is 1.55. The van der Waals surface area contributed by atoms with E-state index in [0.717, 1.165) is 11.3 Å². The molecule has 2 aromatic carbocycles. The number of nitrogens with one attached hydrogen (secondary N) is 1. The highest BCUT2D eigenvalue weighted by molar-refractivity contribution is 5.83. The SMILES string of the molecule is COc1ccc(CNC(=O)[C@H](C)OC(=O)COc2ccc(OC)cc2)cc1. The monoisotopic (exact) mass is 373 g/mol. The summed E-state index contributed by atoms with van der Waals surface area (Å²) in [4.78, 5) is 23.9. The highest BCUT2D eigenvalue weighted by atomic mass is 16.6. The van der Waals surface area contributed by atoms with Crippen molar-refractivity contribution >= 4 is 11.9 Å². The summed E-state index contributed by atoms with van der Waals surface area (Å²) >= 11 is 0. The molecule has 0 heterocycles. The Hall–Kier alpha value is -3.22. The summed E-state index contributed by atoms with van der Waals surface area (Å²) in [6.07, 6.45) is -0.921. The summed E-state index contributed by atoms with van der Waals surface area (Å²) in [5.41, 5.74) is 0.908. The molecule has 1 amide bonds. The number of ether oxygens (including phenoxy) is 4. The van der Waals surface area contributed by atoms with Gasteiger partial charge in [-0.25, -0.2) is 4.79 Å². The first-order valence-corrected chi connectivity index (χ1v) is 8.39. The topological polar surface area (TPSA) is 83.1 Å². The molecule has 144 valence electrons. The number of methoxy groups -OCH3 is 2. The Morgan fingerprint density at radius 2 is 1.41 bits per heavy atom. The largest absolute Gasteiger partial charge is 0.497 e. The third-order valence-electron chi connectivity index (χ3n) is 3.72. The van der Waals surface area contributed by atoms with Gasteiger partial charge in [-0.15, -0.1) is 0 Å². The third kappa shape index (κ3) is 6.54. The molecule has 0 radical (unpaired) electrons. The molecule has 0 unspecified atom stereocenters. The molecule has 0 aromatic heterocycles. The van der Waals surface area contributed by atoms with Gasteiger partial charge in [-0.1, -0.05) is 12.1 Å². The first-order valence-electron chi connectivity index (χ1n) is 8.39. The van der Waals surface area contributed by atoms with E-state index < -0.39 is 12.1 Å². The van der Waals surface area contributed by atoms with Crippen LogP contribution in [0.15, 0.2) is 48.5 Å². The van der Waals surface area contributed by atoms with Crippen LogP contribution >= 0.6 is 0 Å². The lowest BCUT2D eigenvalue weighted by molar-refractivity contribution is -0.156. The van der Waals surface area contributed by atoms with E-state index in [9.17, 15) is 9.59 Å². The van der Waals surface area contributed by atoms with Gasteiger partial charge in [-0.3, -0.25) is 4.79 Å². The first-order chi connectivity index (χ1) is 13.0. The molecule has 0 aliphatic carbocycles. The van der Waals surface area contributed by atoms with Crippen LogP contribution in [0.4, 0.5) is 0 Å². The number of benzene rings is 2. The zero-order valence-corrected chi connectivity index (χ0v) is 15.6. The second-order valence-corrected chi connectivity index (χ2v) is 5.66. The minimum absolute atomic E-state index is 0.289. The van der Waals surface area contributed by atoms with Crippen molar-refractivity contribution in [1.29, 1.82) is 0 Å². The Labute approximate surface area is 158 Å². The maximum atomic E-state index is 12.1. The van der Waals surface area contributed by atoms with Crippen LogP contribution in [0.5, 0.6) is 17.2 Å². The maximum Gasteiger partial charge on any atom is 0.344 e. The molecular weight excluding hydrogens is 350 g/mol. The second kappa shape index (κ2) is 10.1. The lowest BCUT2D eigenvalue weighted by atomic mass is 10.2. The zero-order chi connectivity index (χ0) is 19.6. The normalized spacial score (nSPS) is 11.2. The fraction of sp³-hybridized carbons (Fsp3) is 0.300. The van der Waals surface area contributed by atoms with Gasteiger partial charge in [-0.05, 0) is 48.9 Å². The minimum Gasteiger partial charge on any atom is -0.497 e. The molecule has 2 aromatic rings. The van der Waals surface area contributed by atoms with Crippen molar-refractivity contribution in [3.63, 3.8) is 0 Å². The fourth-order valence-corrected chi connectivity index (χ4v) is 2.18. The van der Waals surface area contributed by atoms with E-state index >= 15 is 0 Å². The number of amides is 1. The smallest absolute Gasteiger partial charge is 0.344 e. The van der Waals surface area contributed by atoms with Crippen molar-refractivity contribution in [2.45, 2.75) is 19.6 Å². The fourth-order valence-electron chi connectivity index (χ4n) is 2.18. The average molecular weight is 373 g/mol. The molecule has 0 bridgehead atoms. The van der Waals surface area contributed by atoms with Gasteiger partial charge < -0.3 is 24.3 Å². The Morgan fingerprint density at radius 3 is 1.96 bits per heavy atom. The van der Waals surface area contributed by atoms with Crippen LogP contribution < -0.4 is 19.5 Å². The van der Waals surface area contributed by atoms with Gasteiger partial charge in [0.2, 0.25) is 0 Å². The van der Waals surface area contributed by atoms with Crippen molar-refractivity contribution in [2.24, 2.45) is 0 Å². The average Bonchev–Trinajstić information content (AvgIpc) is 2.71.